The van der Waals surface area contributed by atoms with E-state index < -0.39 is 18.5 Å². The number of nitrogens with one attached hydrogen (secondary N) is 1. The molecule has 0 bridgehead atoms. The SMILES string of the molecule is O=C(CNC(=O)c1ccc2ccccc2c1)OCC(=O)c1ccc2c(c1)OCCO2. The van der Waals surface area contributed by atoms with Gasteiger partial charge in [0.25, 0.3) is 5.91 Å². The molecule has 0 fully saturated rings. The van der Waals surface area contributed by atoms with Gasteiger partial charge in [-0.25, -0.2) is 0 Å². The van der Waals surface area contributed by atoms with E-state index in [1.807, 2.05) is 30.3 Å². The predicted octanol–water partition coefficient (Wildman–Crippen LogP) is 2.77. The van der Waals surface area contributed by atoms with Crippen molar-refractivity contribution in [2.45, 2.75) is 0 Å². The average Bonchev–Trinajstić information content (AvgIpc) is 2.80. The van der Waals surface area contributed by atoms with Crippen LogP contribution >= 0.6 is 0 Å². The first-order chi connectivity index (χ1) is 14.6. The van der Waals surface area contributed by atoms with Crippen molar-refractivity contribution in [1.29, 1.82) is 0 Å². The molecule has 0 aliphatic carbocycles. The molecule has 4 rings (SSSR count). The van der Waals surface area contributed by atoms with Gasteiger partial charge >= 0.3 is 5.97 Å². The highest BCUT2D eigenvalue weighted by atomic mass is 16.6. The Balaban J connectivity index is 1.28. The van der Waals surface area contributed by atoms with E-state index >= 15 is 0 Å². The molecule has 0 aromatic heterocycles. The van der Waals surface area contributed by atoms with Crippen molar-refractivity contribution in [1.82, 2.24) is 5.32 Å². The number of rotatable bonds is 6. The fraction of sp³-hybridized carbons (Fsp3) is 0.174. The summed E-state index contributed by atoms with van der Waals surface area (Å²) in [5, 5.41) is 4.45. The number of benzene rings is 3. The Kier molecular flexibility index (Phi) is 5.61. The van der Waals surface area contributed by atoms with Gasteiger partial charge in [0.2, 0.25) is 0 Å². The van der Waals surface area contributed by atoms with Crippen LogP contribution in [0.3, 0.4) is 0 Å². The van der Waals surface area contributed by atoms with Crippen LogP contribution in [0.1, 0.15) is 20.7 Å². The molecule has 0 unspecified atom stereocenters. The maximum atomic E-state index is 12.3. The van der Waals surface area contributed by atoms with Crippen molar-refractivity contribution in [3.05, 3.63) is 71.8 Å². The highest BCUT2D eigenvalue weighted by Gasteiger charge is 2.16. The predicted molar refractivity (Wildman–Crippen MR) is 109 cm³/mol. The summed E-state index contributed by atoms with van der Waals surface area (Å²) in [4.78, 5) is 36.5. The Labute approximate surface area is 172 Å². The van der Waals surface area contributed by atoms with E-state index in [1.54, 1.807) is 30.3 Å². The lowest BCUT2D eigenvalue weighted by atomic mass is 10.1. The number of Topliss-reactive ketones (excluding diaryl/α,β-unsaturated/α-hetero) is 1. The van der Waals surface area contributed by atoms with Crippen molar-refractivity contribution < 1.29 is 28.6 Å². The molecule has 3 aromatic rings. The van der Waals surface area contributed by atoms with E-state index in [0.717, 1.165) is 10.8 Å². The van der Waals surface area contributed by atoms with Crippen LogP contribution in [-0.2, 0) is 9.53 Å². The smallest absolute Gasteiger partial charge is 0.325 e. The van der Waals surface area contributed by atoms with Crippen molar-refractivity contribution in [2.75, 3.05) is 26.4 Å². The van der Waals surface area contributed by atoms with Gasteiger partial charge < -0.3 is 19.5 Å². The summed E-state index contributed by atoms with van der Waals surface area (Å²) >= 11 is 0. The number of fused-ring (bicyclic) bond motifs is 2. The highest BCUT2D eigenvalue weighted by Crippen LogP contribution is 2.30. The highest BCUT2D eigenvalue weighted by molar-refractivity contribution is 6.00. The molecule has 0 saturated heterocycles. The van der Waals surface area contributed by atoms with Gasteiger partial charge in [-0.2, -0.15) is 0 Å². The summed E-state index contributed by atoms with van der Waals surface area (Å²) in [6.45, 7) is 0.115. The molecule has 1 aliphatic heterocycles. The summed E-state index contributed by atoms with van der Waals surface area (Å²) in [6, 6.07) is 17.7. The number of esters is 1. The standard InChI is InChI=1S/C23H19NO6/c25-19(17-7-8-20-21(12-17)29-10-9-28-20)14-30-22(26)13-24-23(27)18-6-5-15-3-1-2-4-16(15)11-18/h1-8,11-12H,9-10,13-14H2,(H,24,27). The third-order valence-corrected chi connectivity index (χ3v) is 4.63. The number of hydrogen-bond donors (Lipinski definition) is 1. The average molecular weight is 405 g/mol. The number of hydrogen-bond acceptors (Lipinski definition) is 6. The van der Waals surface area contributed by atoms with Crippen LogP contribution in [0, 0.1) is 0 Å². The van der Waals surface area contributed by atoms with E-state index in [9.17, 15) is 14.4 Å². The first-order valence-corrected chi connectivity index (χ1v) is 9.45. The van der Waals surface area contributed by atoms with E-state index in [1.165, 1.54) is 0 Å². The van der Waals surface area contributed by atoms with Gasteiger partial charge in [0.05, 0.1) is 0 Å². The number of carbonyl (C=O) groups is 3. The first kappa shape index (κ1) is 19.4. The van der Waals surface area contributed by atoms with Crippen LogP contribution in [0.5, 0.6) is 11.5 Å². The fourth-order valence-corrected chi connectivity index (χ4v) is 3.08. The molecular weight excluding hydrogens is 386 g/mol. The molecule has 3 aromatic carbocycles. The van der Waals surface area contributed by atoms with Crippen molar-refractivity contribution in [2.24, 2.45) is 0 Å². The first-order valence-electron chi connectivity index (χ1n) is 9.45. The molecule has 1 N–H and O–H groups in total. The topological polar surface area (TPSA) is 90.9 Å². The normalized spacial score (nSPS) is 12.3. The Hall–Kier alpha value is -3.87. The molecule has 0 saturated carbocycles. The molecular formula is C23H19NO6. The summed E-state index contributed by atoms with van der Waals surface area (Å²) in [6.07, 6.45) is 0. The third-order valence-electron chi connectivity index (χ3n) is 4.63. The monoisotopic (exact) mass is 405 g/mol. The molecule has 30 heavy (non-hydrogen) atoms. The molecule has 1 aliphatic rings. The molecule has 0 radical (unpaired) electrons. The Morgan fingerprint density at radius 3 is 2.40 bits per heavy atom. The molecule has 7 heteroatoms. The number of ketones is 1. The Bertz CT molecular complexity index is 1120. The minimum atomic E-state index is -0.699. The molecule has 152 valence electrons. The Morgan fingerprint density at radius 1 is 0.833 bits per heavy atom. The molecule has 0 spiro atoms. The van der Waals surface area contributed by atoms with Gasteiger partial charge in [0.1, 0.15) is 19.8 Å². The van der Waals surface area contributed by atoms with Gasteiger partial charge in [0, 0.05) is 11.1 Å². The second-order valence-electron chi connectivity index (χ2n) is 6.69. The second-order valence-corrected chi connectivity index (χ2v) is 6.69. The quantitative estimate of drug-likeness (QED) is 0.501. The van der Waals surface area contributed by atoms with Gasteiger partial charge in [-0.15, -0.1) is 0 Å². The van der Waals surface area contributed by atoms with Crippen LogP contribution in [-0.4, -0.2) is 44.0 Å². The van der Waals surface area contributed by atoms with Gasteiger partial charge in [-0.05, 0) is 41.1 Å². The van der Waals surface area contributed by atoms with Crippen LogP contribution in [0.25, 0.3) is 10.8 Å². The Morgan fingerprint density at radius 2 is 1.57 bits per heavy atom. The van der Waals surface area contributed by atoms with Crippen molar-refractivity contribution in [3.63, 3.8) is 0 Å². The third kappa shape index (κ3) is 4.41. The lowest BCUT2D eigenvalue weighted by molar-refractivity contribution is -0.141. The lowest BCUT2D eigenvalue weighted by Crippen LogP contribution is -2.31. The van der Waals surface area contributed by atoms with Gasteiger partial charge in [0.15, 0.2) is 23.9 Å². The maximum Gasteiger partial charge on any atom is 0.325 e. The second kappa shape index (κ2) is 8.65. The maximum absolute atomic E-state index is 12.3. The zero-order valence-electron chi connectivity index (χ0n) is 16.1. The summed E-state index contributed by atoms with van der Waals surface area (Å²) in [7, 11) is 0. The largest absolute Gasteiger partial charge is 0.486 e. The molecule has 1 heterocycles. The minimum absolute atomic E-state index is 0.333. The minimum Gasteiger partial charge on any atom is -0.486 e. The molecule has 7 nitrogen and oxygen atoms in total. The summed E-state index contributed by atoms with van der Waals surface area (Å²) in [5.41, 5.74) is 0.793. The van der Waals surface area contributed by atoms with Crippen LogP contribution in [0.15, 0.2) is 60.7 Å². The van der Waals surface area contributed by atoms with E-state index in [0.29, 0.717) is 35.8 Å². The lowest BCUT2D eigenvalue weighted by Gasteiger charge is -2.18. The van der Waals surface area contributed by atoms with Gasteiger partial charge in [-0.3, -0.25) is 14.4 Å². The van der Waals surface area contributed by atoms with Gasteiger partial charge in [-0.1, -0.05) is 30.3 Å². The van der Waals surface area contributed by atoms with Crippen LogP contribution in [0.4, 0.5) is 0 Å². The van der Waals surface area contributed by atoms with E-state index in [2.05, 4.69) is 5.32 Å². The van der Waals surface area contributed by atoms with Crippen molar-refractivity contribution in [3.8, 4) is 11.5 Å². The number of ether oxygens (including phenoxy) is 3. The number of carbonyl (C=O) groups excluding carboxylic acids is 3. The summed E-state index contributed by atoms with van der Waals surface area (Å²) < 4.78 is 15.8. The fourth-order valence-electron chi connectivity index (χ4n) is 3.08. The van der Waals surface area contributed by atoms with Crippen LogP contribution in [0.2, 0.25) is 0 Å². The number of amides is 1. The zero-order valence-corrected chi connectivity index (χ0v) is 16.1. The molecule has 1 amide bonds. The van der Waals surface area contributed by atoms with E-state index in [4.69, 9.17) is 14.2 Å². The van der Waals surface area contributed by atoms with E-state index in [-0.39, 0.29) is 12.3 Å². The van der Waals surface area contributed by atoms with Crippen LogP contribution < -0.4 is 14.8 Å². The zero-order chi connectivity index (χ0) is 20.9. The summed E-state index contributed by atoms with van der Waals surface area (Å²) in [5.74, 6) is -0.403. The molecule has 0 atom stereocenters. The van der Waals surface area contributed by atoms with Crippen molar-refractivity contribution >= 4 is 28.4 Å².